The Bertz CT molecular complexity index is 1190. The van der Waals surface area contributed by atoms with E-state index in [4.69, 9.17) is 16.3 Å². The summed E-state index contributed by atoms with van der Waals surface area (Å²) in [6.45, 7) is 4.23. The van der Waals surface area contributed by atoms with Gasteiger partial charge in [-0.3, -0.25) is 14.4 Å². The van der Waals surface area contributed by atoms with Crippen molar-refractivity contribution in [3.05, 3.63) is 100 Å². The molecular weight excluding hydrogens is 476 g/mol. The van der Waals surface area contributed by atoms with Gasteiger partial charge in [0.1, 0.15) is 5.75 Å². The van der Waals surface area contributed by atoms with Gasteiger partial charge in [-0.2, -0.15) is 0 Å². The minimum absolute atomic E-state index is 0.0275. The number of hydrogen-bond acceptors (Lipinski definition) is 4. The number of carbonyl (C=O) groups excluding carboxylic acids is 3. The molecule has 2 N–H and O–H groups in total. The molecule has 1 atom stereocenters. The molecule has 3 rings (SSSR count). The van der Waals surface area contributed by atoms with Gasteiger partial charge < -0.3 is 15.4 Å². The SMILES string of the molecule is CNC(=O)[C@@H](CC(=O)c1ccc(OC(C)C)c(Cl)c1)Cc1ccc(C(=O)NCc2ccccc2)cc1. The topological polar surface area (TPSA) is 84.5 Å². The van der Waals surface area contributed by atoms with E-state index >= 15 is 0 Å². The molecule has 0 aromatic heterocycles. The van der Waals surface area contributed by atoms with Crippen molar-refractivity contribution >= 4 is 29.2 Å². The Hall–Kier alpha value is -3.64. The number of halogens is 1. The van der Waals surface area contributed by atoms with Gasteiger partial charge in [-0.15, -0.1) is 0 Å². The standard InChI is InChI=1S/C29H31ClN2O4/c1-19(2)36-27-14-13-23(16-25(27)30)26(33)17-24(28(34)31-3)15-20-9-11-22(12-10-20)29(35)32-18-21-7-5-4-6-8-21/h4-14,16,19,24H,15,17-18H2,1-3H3,(H,31,34)(H,32,35)/t24-/m1/s1. The Kier molecular flexibility index (Phi) is 9.65. The molecule has 0 bridgehead atoms. The quantitative estimate of drug-likeness (QED) is 0.348. The summed E-state index contributed by atoms with van der Waals surface area (Å²) in [7, 11) is 1.55. The Morgan fingerprint density at radius 3 is 2.17 bits per heavy atom. The van der Waals surface area contributed by atoms with Crippen LogP contribution in [0.3, 0.4) is 0 Å². The zero-order valence-corrected chi connectivity index (χ0v) is 21.5. The number of carbonyl (C=O) groups is 3. The first kappa shape index (κ1) is 27.0. The lowest BCUT2D eigenvalue weighted by atomic mass is 9.91. The Morgan fingerprint density at radius 2 is 1.56 bits per heavy atom. The van der Waals surface area contributed by atoms with Gasteiger partial charge in [0.05, 0.1) is 11.1 Å². The largest absolute Gasteiger partial charge is 0.489 e. The molecule has 0 saturated heterocycles. The lowest BCUT2D eigenvalue weighted by Crippen LogP contribution is -2.30. The fraction of sp³-hybridized carbons (Fsp3) is 0.276. The minimum Gasteiger partial charge on any atom is -0.489 e. The lowest BCUT2D eigenvalue weighted by molar-refractivity contribution is -0.124. The van der Waals surface area contributed by atoms with Crippen LogP contribution in [-0.4, -0.2) is 30.7 Å². The van der Waals surface area contributed by atoms with Crippen molar-refractivity contribution in [3.8, 4) is 5.75 Å². The monoisotopic (exact) mass is 506 g/mol. The molecule has 2 amide bonds. The van der Waals surface area contributed by atoms with E-state index in [1.54, 1.807) is 37.4 Å². The fourth-order valence-corrected chi connectivity index (χ4v) is 4.01. The number of amides is 2. The van der Waals surface area contributed by atoms with Crippen LogP contribution in [0.15, 0.2) is 72.8 Å². The number of ether oxygens (including phenoxy) is 1. The molecule has 0 spiro atoms. The summed E-state index contributed by atoms with van der Waals surface area (Å²) in [5, 5.41) is 5.90. The molecule has 0 aliphatic carbocycles. The molecule has 0 heterocycles. The number of benzene rings is 3. The second kappa shape index (κ2) is 12.9. The lowest BCUT2D eigenvalue weighted by Gasteiger charge is -2.16. The number of Topliss-reactive ketones (excluding diaryl/α,β-unsaturated/α-hetero) is 1. The zero-order valence-electron chi connectivity index (χ0n) is 20.7. The summed E-state index contributed by atoms with van der Waals surface area (Å²) in [5.74, 6) is -0.632. The van der Waals surface area contributed by atoms with E-state index in [1.807, 2.05) is 56.3 Å². The molecule has 0 fully saturated rings. The van der Waals surface area contributed by atoms with E-state index in [-0.39, 0.29) is 30.1 Å². The average molecular weight is 507 g/mol. The van der Waals surface area contributed by atoms with Crippen LogP contribution < -0.4 is 15.4 Å². The predicted molar refractivity (Wildman–Crippen MR) is 141 cm³/mol. The summed E-state index contributed by atoms with van der Waals surface area (Å²) in [6, 6.07) is 21.7. The summed E-state index contributed by atoms with van der Waals surface area (Å²) in [5.41, 5.74) is 2.83. The molecule has 3 aromatic carbocycles. The summed E-state index contributed by atoms with van der Waals surface area (Å²) in [6.07, 6.45) is 0.349. The molecule has 6 nitrogen and oxygen atoms in total. The maximum absolute atomic E-state index is 13.0. The molecular formula is C29H31ClN2O4. The van der Waals surface area contributed by atoms with Crippen molar-refractivity contribution in [2.24, 2.45) is 5.92 Å². The maximum atomic E-state index is 13.0. The van der Waals surface area contributed by atoms with Crippen LogP contribution in [0.2, 0.25) is 5.02 Å². The molecule has 0 saturated carbocycles. The predicted octanol–water partition coefficient (Wildman–Crippen LogP) is 5.23. The summed E-state index contributed by atoms with van der Waals surface area (Å²) >= 11 is 6.28. The third-order valence-electron chi connectivity index (χ3n) is 5.66. The zero-order chi connectivity index (χ0) is 26.1. The van der Waals surface area contributed by atoms with E-state index < -0.39 is 5.92 Å². The van der Waals surface area contributed by atoms with Crippen LogP contribution in [-0.2, 0) is 17.8 Å². The van der Waals surface area contributed by atoms with Crippen molar-refractivity contribution in [1.82, 2.24) is 10.6 Å². The van der Waals surface area contributed by atoms with E-state index in [9.17, 15) is 14.4 Å². The highest BCUT2D eigenvalue weighted by Crippen LogP contribution is 2.28. The molecule has 0 unspecified atom stereocenters. The molecule has 0 radical (unpaired) electrons. The third kappa shape index (κ3) is 7.68. The smallest absolute Gasteiger partial charge is 0.251 e. The Morgan fingerprint density at radius 1 is 0.889 bits per heavy atom. The molecule has 36 heavy (non-hydrogen) atoms. The van der Waals surface area contributed by atoms with Crippen LogP contribution in [0.4, 0.5) is 0 Å². The van der Waals surface area contributed by atoms with Crippen molar-refractivity contribution < 1.29 is 19.1 Å². The first-order chi connectivity index (χ1) is 17.3. The molecule has 3 aromatic rings. The van der Waals surface area contributed by atoms with Crippen LogP contribution in [0.25, 0.3) is 0 Å². The first-order valence-corrected chi connectivity index (χ1v) is 12.3. The molecule has 0 aliphatic rings. The molecule has 7 heteroatoms. The Labute approximate surface area is 217 Å². The van der Waals surface area contributed by atoms with Gasteiger partial charge in [-0.1, -0.05) is 54.1 Å². The Balaban J connectivity index is 1.64. The highest BCUT2D eigenvalue weighted by Gasteiger charge is 2.23. The van der Waals surface area contributed by atoms with Crippen molar-refractivity contribution in [2.45, 2.75) is 39.3 Å². The maximum Gasteiger partial charge on any atom is 0.251 e. The van der Waals surface area contributed by atoms with Crippen LogP contribution in [0, 0.1) is 5.92 Å². The van der Waals surface area contributed by atoms with Gasteiger partial charge in [-0.25, -0.2) is 0 Å². The van der Waals surface area contributed by atoms with Crippen molar-refractivity contribution in [2.75, 3.05) is 7.05 Å². The van der Waals surface area contributed by atoms with E-state index in [0.29, 0.717) is 34.9 Å². The second-order valence-electron chi connectivity index (χ2n) is 8.82. The van der Waals surface area contributed by atoms with Gasteiger partial charge in [0.15, 0.2) is 5.78 Å². The van der Waals surface area contributed by atoms with E-state index in [2.05, 4.69) is 10.6 Å². The summed E-state index contributed by atoms with van der Waals surface area (Å²) in [4.78, 5) is 38.0. The van der Waals surface area contributed by atoms with E-state index in [1.165, 1.54) is 0 Å². The second-order valence-corrected chi connectivity index (χ2v) is 9.23. The van der Waals surface area contributed by atoms with Gasteiger partial charge in [0.2, 0.25) is 5.91 Å². The highest BCUT2D eigenvalue weighted by atomic mass is 35.5. The van der Waals surface area contributed by atoms with Crippen LogP contribution >= 0.6 is 11.6 Å². The fourth-order valence-electron chi connectivity index (χ4n) is 3.78. The minimum atomic E-state index is -0.564. The number of hydrogen-bond donors (Lipinski definition) is 2. The average Bonchev–Trinajstić information content (AvgIpc) is 2.88. The third-order valence-corrected chi connectivity index (χ3v) is 5.96. The van der Waals surface area contributed by atoms with Crippen LogP contribution in [0.5, 0.6) is 5.75 Å². The number of rotatable bonds is 11. The van der Waals surface area contributed by atoms with Gasteiger partial charge in [-0.05, 0) is 61.7 Å². The van der Waals surface area contributed by atoms with Crippen molar-refractivity contribution in [1.29, 1.82) is 0 Å². The van der Waals surface area contributed by atoms with Gasteiger partial charge >= 0.3 is 0 Å². The first-order valence-electron chi connectivity index (χ1n) is 11.9. The van der Waals surface area contributed by atoms with E-state index in [0.717, 1.165) is 11.1 Å². The van der Waals surface area contributed by atoms with Crippen molar-refractivity contribution in [3.63, 3.8) is 0 Å². The normalized spacial score (nSPS) is 11.6. The molecule has 0 aliphatic heterocycles. The summed E-state index contributed by atoms with van der Waals surface area (Å²) < 4.78 is 5.62. The van der Waals surface area contributed by atoms with Gasteiger partial charge in [0, 0.05) is 37.1 Å². The number of ketones is 1. The highest BCUT2D eigenvalue weighted by molar-refractivity contribution is 6.32. The van der Waals surface area contributed by atoms with Gasteiger partial charge in [0.25, 0.3) is 5.91 Å². The molecule has 188 valence electrons. The van der Waals surface area contributed by atoms with Crippen LogP contribution in [0.1, 0.15) is 52.1 Å². The number of nitrogens with one attached hydrogen (secondary N) is 2.